The number of hydrogen-bond acceptors (Lipinski definition) is 5. The van der Waals surface area contributed by atoms with E-state index in [-0.39, 0.29) is 29.0 Å². The van der Waals surface area contributed by atoms with E-state index in [9.17, 15) is 27.9 Å². The molecule has 5 nitrogen and oxygen atoms in total. The van der Waals surface area contributed by atoms with E-state index < -0.39 is 29.5 Å². The number of rotatable bonds is 5. The van der Waals surface area contributed by atoms with Crippen LogP contribution in [0.3, 0.4) is 0 Å². The fourth-order valence-corrected chi connectivity index (χ4v) is 4.60. The number of benzene rings is 2. The number of carbonyl (C=O) groups is 2. The monoisotopic (exact) mass is 473 g/mol. The summed E-state index contributed by atoms with van der Waals surface area (Å²) in [4.78, 5) is 27.7. The number of nitrogens with zero attached hydrogens (tertiary/aromatic N) is 1. The Morgan fingerprint density at radius 1 is 1.09 bits per heavy atom. The largest absolute Gasteiger partial charge is 0.507 e. The molecule has 3 aromatic rings. The van der Waals surface area contributed by atoms with Gasteiger partial charge in [0.05, 0.1) is 24.3 Å². The molecule has 9 heteroatoms. The summed E-state index contributed by atoms with van der Waals surface area (Å²) >= 11 is 1.27. The average Bonchev–Trinajstić information content (AvgIpc) is 3.41. The Bertz CT molecular complexity index is 1230. The summed E-state index contributed by atoms with van der Waals surface area (Å²) < 4.78 is 44.6. The first-order valence-corrected chi connectivity index (χ1v) is 10.7. The third-order valence-corrected chi connectivity index (χ3v) is 6.23. The number of aliphatic hydroxyl groups excluding tert-OH is 1. The van der Waals surface area contributed by atoms with Gasteiger partial charge in [-0.05, 0) is 41.3 Å². The van der Waals surface area contributed by atoms with Gasteiger partial charge in [-0.15, -0.1) is 11.3 Å². The van der Waals surface area contributed by atoms with Crippen molar-refractivity contribution in [1.82, 2.24) is 4.90 Å². The maximum Gasteiger partial charge on any atom is 0.416 e. The van der Waals surface area contributed by atoms with E-state index in [0.29, 0.717) is 10.6 Å². The highest BCUT2D eigenvalue weighted by Gasteiger charge is 2.46. The Kier molecular flexibility index (Phi) is 5.99. The summed E-state index contributed by atoms with van der Waals surface area (Å²) in [5, 5.41) is 12.8. The Labute approximate surface area is 191 Å². The van der Waals surface area contributed by atoms with E-state index in [1.165, 1.54) is 41.5 Å². The molecule has 0 radical (unpaired) electrons. The molecule has 33 heavy (non-hydrogen) atoms. The molecule has 2 aromatic carbocycles. The number of amides is 1. The molecule has 1 fully saturated rings. The van der Waals surface area contributed by atoms with E-state index >= 15 is 0 Å². The lowest BCUT2D eigenvalue weighted by Crippen LogP contribution is -2.29. The van der Waals surface area contributed by atoms with E-state index in [4.69, 9.17) is 4.74 Å². The predicted octanol–water partition coefficient (Wildman–Crippen LogP) is 5.40. The lowest BCUT2D eigenvalue weighted by atomic mass is 9.99. The van der Waals surface area contributed by atoms with Crippen LogP contribution in [0.15, 0.2) is 71.6 Å². The van der Waals surface area contributed by atoms with E-state index in [2.05, 4.69) is 0 Å². The molecule has 1 amide bonds. The molecule has 1 aliphatic heterocycles. The maximum atomic E-state index is 13.2. The third-order valence-electron chi connectivity index (χ3n) is 5.30. The highest BCUT2D eigenvalue weighted by Crippen LogP contribution is 2.42. The highest BCUT2D eigenvalue weighted by atomic mass is 32.1. The Morgan fingerprint density at radius 3 is 2.52 bits per heavy atom. The maximum absolute atomic E-state index is 13.2. The first kappa shape index (κ1) is 22.6. The molecule has 4 rings (SSSR count). The van der Waals surface area contributed by atoms with Crippen LogP contribution in [-0.4, -0.2) is 28.8 Å². The minimum atomic E-state index is -4.54. The molecule has 1 aromatic heterocycles. The zero-order chi connectivity index (χ0) is 23.8. The minimum Gasteiger partial charge on any atom is -0.507 e. The molecular weight excluding hydrogens is 455 g/mol. The van der Waals surface area contributed by atoms with Crippen molar-refractivity contribution < 1.29 is 32.6 Å². The molecule has 0 aliphatic carbocycles. The predicted molar refractivity (Wildman–Crippen MR) is 117 cm³/mol. The summed E-state index contributed by atoms with van der Waals surface area (Å²) in [6.07, 6.45) is -4.54. The molecule has 1 unspecified atom stereocenters. The lowest BCUT2D eigenvalue weighted by molar-refractivity contribution is -0.140. The number of carbonyl (C=O) groups excluding carboxylic acids is 2. The number of thiophene rings is 1. The van der Waals surface area contributed by atoms with Gasteiger partial charge in [0.15, 0.2) is 0 Å². The number of halogens is 3. The number of aliphatic hydroxyl groups is 1. The summed E-state index contributed by atoms with van der Waals surface area (Å²) in [5.41, 5.74) is -0.467. The zero-order valence-corrected chi connectivity index (χ0v) is 18.1. The summed E-state index contributed by atoms with van der Waals surface area (Å²) in [5.74, 6) is -1.72. The van der Waals surface area contributed by atoms with Gasteiger partial charge in [-0.1, -0.05) is 30.3 Å². The number of alkyl halides is 3. The number of Topliss-reactive ketones (excluding diaryl/α,β-unsaturated/α-hetero) is 1. The van der Waals surface area contributed by atoms with Crippen LogP contribution in [0.25, 0.3) is 5.76 Å². The highest BCUT2D eigenvalue weighted by molar-refractivity contribution is 7.10. The van der Waals surface area contributed by atoms with Crippen LogP contribution in [0, 0.1) is 0 Å². The average molecular weight is 473 g/mol. The van der Waals surface area contributed by atoms with Gasteiger partial charge in [0.2, 0.25) is 0 Å². The van der Waals surface area contributed by atoms with Crippen molar-refractivity contribution in [3.05, 3.63) is 93.2 Å². The summed E-state index contributed by atoms with van der Waals surface area (Å²) in [6.45, 7) is -0.230. The van der Waals surface area contributed by atoms with Gasteiger partial charge in [-0.25, -0.2) is 0 Å². The first-order valence-electron chi connectivity index (χ1n) is 9.83. The van der Waals surface area contributed by atoms with Crippen molar-refractivity contribution in [2.24, 2.45) is 0 Å². The molecular formula is C24H18F3NO4S. The standard InChI is InChI=1S/C24H18F3NO4S/c1-32-17-8-3-6-15(12-17)21(29)19-20(18-9-4-10-33-18)28(23(31)22(19)30)13-14-5-2-7-16(11-14)24(25,26)27/h2-12,20,29H,13H2,1H3/b21-19-. The van der Waals surface area contributed by atoms with E-state index in [0.717, 1.165) is 12.1 Å². The second-order valence-electron chi connectivity index (χ2n) is 7.37. The quantitative estimate of drug-likeness (QED) is 0.306. The topological polar surface area (TPSA) is 66.8 Å². The van der Waals surface area contributed by atoms with E-state index in [1.807, 2.05) is 0 Å². The van der Waals surface area contributed by atoms with Gasteiger partial charge in [0.25, 0.3) is 11.7 Å². The molecule has 0 saturated carbocycles. The van der Waals surface area contributed by atoms with Crippen LogP contribution in [0.5, 0.6) is 5.75 Å². The van der Waals surface area contributed by atoms with Gasteiger partial charge >= 0.3 is 6.18 Å². The second kappa shape index (κ2) is 8.74. The van der Waals surface area contributed by atoms with Crippen molar-refractivity contribution in [3.8, 4) is 5.75 Å². The Balaban J connectivity index is 1.80. The Morgan fingerprint density at radius 2 is 1.85 bits per heavy atom. The molecule has 1 atom stereocenters. The Hall–Kier alpha value is -3.59. The van der Waals surface area contributed by atoms with Crippen LogP contribution < -0.4 is 4.74 Å². The number of likely N-dealkylation sites (tertiary alicyclic amines) is 1. The van der Waals surface area contributed by atoms with Crippen LogP contribution in [-0.2, 0) is 22.3 Å². The van der Waals surface area contributed by atoms with Crippen molar-refractivity contribution in [2.75, 3.05) is 7.11 Å². The van der Waals surface area contributed by atoms with Crippen LogP contribution in [0.1, 0.15) is 27.6 Å². The van der Waals surface area contributed by atoms with Crippen molar-refractivity contribution >= 4 is 28.8 Å². The van der Waals surface area contributed by atoms with Gasteiger partial charge in [0.1, 0.15) is 11.5 Å². The second-order valence-corrected chi connectivity index (χ2v) is 8.35. The summed E-state index contributed by atoms with van der Waals surface area (Å²) in [6, 6.07) is 13.5. The number of ether oxygens (including phenoxy) is 1. The normalized spacial score (nSPS) is 18.1. The van der Waals surface area contributed by atoms with Crippen LogP contribution >= 0.6 is 11.3 Å². The fraction of sp³-hybridized carbons (Fsp3) is 0.167. The molecule has 1 aliphatic rings. The minimum absolute atomic E-state index is 0.123. The van der Waals surface area contributed by atoms with Crippen molar-refractivity contribution in [1.29, 1.82) is 0 Å². The molecule has 170 valence electrons. The molecule has 1 saturated heterocycles. The number of hydrogen-bond donors (Lipinski definition) is 1. The van der Waals surface area contributed by atoms with Gasteiger partial charge < -0.3 is 14.7 Å². The van der Waals surface area contributed by atoms with Crippen LogP contribution in [0.2, 0.25) is 0 Å². The smallest absolute Gasteiger partial charge is 0.416 e. The fourth-order valence-electron chi connectivity index (χ4n) is 3.75. The molecule has 1 N–H and O–H groups in total. The lowest BCUT2D eigenvalue weighted by Gasteiger charge is -2.24. The molecule has 2 heterocycles. The van der Waals surface area contributed by atoms with Gasteiger partial charge in [-0.2, -0.15) is 13.2 Å². The zero-order valence-electron chi connectivity index (χ0n) is 17.3. The number of ketones is 1. The van der Waals surface area contributed by atoms with Crippen molar-refractivity contribution in [2.45, 2.75) is 18.8 Å². The van der Waals surface area contributed by atoms with Crippen LogP contribution in [0.4, 0.5) is 13.2 Å². The number of methoxy groups -OCH3 is 1. The molecule has 0 spiro atoms. The third kappa shape index (κ3) is 4.36. The first-order chi connectivity index (χ1) is 15.7. The molecule has 0 bridgehead atoms. The van der Waals surface area contributed by atoms with E-state index in [1.54, 1.807) is 35.7 Å². The SMILES string of the molecule is COc1cccc(/C(O)=C2/C(=O)C(=O)N(Cc3cccc(C(F)(F)F)c3)C2c2cccs2)c1. The van der Waals surface area contributed by atoms with Crippen molar-refractivity contribution in [3.63, 3.8) is 0 Å². The van der Waals surface area contributed by atoms with Gasteiger partial charge in [-0.3, -0.25) is 9.59 Å². The van der Waals surface area contributed by atoms with Gasteiger partial charge in [0, 0.05) is 17.0 Å². The summed E-state index contributed by atoms with van der Waals surface area (Å²) in [7, 11) is 1.46.